The van der Waals surface area contributed by atoms with Crippen molar-refractivity contribution >= 4 is 0 Å². The number of rotatable bonds is 8. The molecule has 0 spiro atoms. The maximum atomic E-state index is 13.0. The molecule has 1 aliphatic heterocycles. The number of halogens is 1. The quantitative estimate of drug-likeness (QED) is 0.724. The molecule has 5 heteroatoms. The third kappa shape index (κ3) is 4.45. The maximum absolute atomic E-state index is 13.0. The van der Waals surface area contributed by atoms with Crippen LogP contribution in [0.15, 0.2) is 18.2 Å². The fourth-order valence-electron chi connectivity index (χ4n) is 2.05. The number of nitrogens with one attached hydrogen (secondary N) is 1. The van der Waals surface area contributed by atoms with Gasteiger partial charge in [0.2, 0.25) is 0 Å². The van der Waals surface area contributed by atoms with E-state index in [2.05, 4.69) is 5.32 Å². The van der Waals surface area contributed by atoms with Crippen LogP contribution in [0.25, 0.3) is 0 Å². The first kappa shape index (κ1) is 14.2. The lowest BCUT2D eigenvalue weighted by Gasteiger charge is -2.11. The Morgan fingerprint density at radius 2 is 2.26 bits per heavy atom. The average Bonchev–Trinajstić information content (AvgIpc) is 2.79. The van der Waals surface area contributed by atoms with Gasteiger partial charge in [-0.05, 0) is 18.2 Å². The van der Waals surface area contributed by atoms with Crippen molar-refractivity contribution in [1.29, 1.82) is 0 Å². The SMILES string of the molecule is COCCOCCNCC1Cc2cc(F)ccc2O1. The van der Waals surface area contributed by atoms with E-state index in [0.717, 1.165) is 30.8 Å². The van der Waals surface area contributed by atoms with E-state index in [9.17, 15) is 4.39 Å². The van der Waals surface area contributed by atoms with E-state index in [4.69, 9.17) is 14.2 Å². The summed E-state index contributed by atoms with van der Waals surface area (Å²) in [6.45, 7) is 3.39. The highest BCUT2D eigenvalue weighted by molar-refractivity contribution is 5.37. The molecule has 1 aromatic rings. The minimum absolute atomic E-state index is 0.0794. The van der Waals surface area contributed by atoms with Crippen LogP contribution >= 0.6 is 0 Å². The Morgan fingerprint density at radius 3 is 3.11 bits per heavy atom. The second-order valence-electron chi connectivity index (χ2n) is 4.51. The van der Waals surface area contributed by atoms with Crippen molar-refractivity contribution in [2.24, 2.45) is 0 Å². The van der Waals surface area contributed by atoms with Gasteiger partial charge < -0.3 is 19.5 Å². The van der Waals surface area contributed by atoms with E-state index in [1.54, 1.807) is 19.2 Å². The first-order valence-electron chi connectivity index (χ1n) is 6.52. The molecule has 106 valence electrons. The molecular formula is C14H20FNO3. The minimum Gasteiger partial charge on any atom is -0.488 e. The van der Waals surface area contributed by atoms with E-state index in [0.29, 0.717) is 19.8 Å². The highest BCUT2D eigenvalue weighted by atomic mass is 19.1. The minimum atomic E-state index is -0.206. The van der Waals surface area contributed by atoms with Gasteiger partial charge in [0.15, 0.2) is 0 Å². The third-order valence-electron chi connectivity index (χ3n) is 2.99. The van der Waals surface area contributed by atoms with Gasteiger partial charge in [0, 0.05) is 32.2 Å². The first-order valence-corrected chi connectivity index (χ1v) is 6.52. The predicted molar refractivity (Wildman–Crippen MR) is 70.1 cm³/mol. The summed E-state index contributed by atoms with van der Waals surface area (Å²) in [5, 5.41) is 3.27. The lowest BCUT2D eigenvalue weighted by molar-refractivity contribution is 0.0711. The Kier molecular flexibility index (Phi) is 5.57. The zero-order valence-electron chi connectivity index (χ0n) is 11.2. The Hall–Kier alpha value is -1.17. The summed E-state index contributed by atoms with van der Waals surface area (Å²) in [6, 6.07) is 4.67. The van der Waals surface area contributed by atoms with Crippen LogP contribution in [0.3, 0.4) is 0 Å². The molecule has 0 aliphatic carbocycles. The lowest BCUT2D eigenvalue weighted by Crippen LogP contribution is -2.32. The molecular weight excluding hydrogens is 249 g/mol. The predicted octanol–water partition coefficient (Wildman–Crippen LogP) is 1.38. The van der Waals surface area contributed by atoms with Crippen LogP contribution in [0.4, 0.5) is 4.39 Å². The number of ether oxygens (including phenoxy) is 3. The monoisotopic (exact) mass is 269 g/mol. The highest BCUT2D eigenvalue weighted by Gasteiger charge is 2.22. The third-order valence-corrected chi connectivity index (χ3v) is 2.99. The first-order chi connectivity index (χ1) is 9.29. The summed E-state index contributed by atoms with van der Waals surface area (Å²) in [4.78, 5) is 0. The van der Waals surface area contributed by atoms with Gasteiger partial charge in [-0.25, -0.2) is 4.39 Å². The van der Waals surface area contributed by atoms with Crippen molar-refractivity contribution in [2.45, 2.75) is 12.5 Å². The van der Waals surface area contributed by atoms with Gasteiger partial charge in [0.25, 0.3) is 0 Å². The zero-order chi connectivity index (χ0) is 13.5. The summed E-state index contributed by atoms with van der Waals surface area (Å²) in [7, 11) is 1.65. The molecule has 1 heterocycles. The van der Waals surface area contributed by atoms with Gasteiger partial charge in [-0.15, -0.1) is 0 Å². The topological polar surface area (TPSA) is 39.7 Å². The van der Waals surface area contributed by atoms with Crippen LogP contribution in [0.1, 0.15) is 5.56 Å². The number of hydrogen-bond donors (Lipinski definition) is 1. The van der Waals surface area contributed by atoms with Gasteiger partial charge in [0.05, 0.1) is 19.8 Å². The molecule has 19 heavy (non-hydrogen) atoms. The molecule has 1 aliphatic rings. The van der Waals surface area contributed by atoms with E-state index >= 15 is 0 Å². The summed E-state index contributed by atoms with van der Waals surface area (Å²) in [6.07, 6.45) is 0.834. The Balaban J connectivity index is 1.59. The Morgan fingerprint density at radius 1 is 1.37 bits per heavy atom. The molecule has 4 nitrogen and oxygen atoms in total. The molecule has 2 rings (SSSR count). The van der Waals surface area contributed by atoms with E-state index in [1.807, 2.05) is 0 Å². The smallest absolute Gasteiger partial charge is 0.123 e. The van der Waals surface area contributed by atoms with Crippen molar-refractivity contribution in [3.05, 3.63) is 29.6 Å². The van der Waals surface area contributed by atoms with Crippen molar-refractivity contribution in [3.63, 3.8) is 0 Å². The molecule has 0 amide bonds. The molecule has 0 radical (unpaired) electrons. The van der Waals surface area contributed by atoms with Gasteiger partial charge >= 0.3 is 0 Å². The van der Waals surface area contributed by atoms with Gasteiger partial charge in [-0.3, -0.25) is 0 Å². The highest BCUT2D eigenvalue weighted by Crippen LogP contribution is 2.28. The maximum Gasteiger partial charge on any atom is 0.123 e. The van der Waals surface area contributed by atoms with Crippen LogP contribution in [-0.4, -0.2) is 46.1 Å². The van der Waals surface area contributed by atoms with Crippen LogP contribution in [0.5, 0.6) is 5.75 Å². The molecule has 1 N–H and O–H groups in total. The van der Waals surface area contributed by atoms with Crippen LogP contribution in [0, 0.1) is 5.82 Å². The lowest BCUT2D eigenvalue weighted by atomic mass is 10.1. The second-order valence-corrected chi connectivity index (χ2v) is 4.51. The van der Waals surface area contributed by atoms with Gasteiger partial charge in [-0.2, -0.15) is 0 Å². The van der Waals surface area contributed by atoms with Crippen molar-refractivity contribution < 1.29 is 18.6 Å². The molecule has 0 saturated heterocycles. The Labute approximate surface area is 112 Å². The molecule has 1 unspecified atom stereocenters. The van der Waals surface area contributed by atoms with Crippen LogP contribution < -0.4 is 10.1 Å². The fraction of sp³-hybridized carbons (Fsp3) is 0.571. The van der Waals surface area contributed by atoms with Gasteiger partial charge in [-0.1, -0.05) is 0 Å². The zero-order valence-corrected chi connectivity index (χ0v) is 11.2. The summed E-state index contributed by atoms with van der Waals surface area (Å²) in [5.41, 5.74) is 0.947. The van der Waals surface area contributed by atoms with Crippen molar-refractivity contribution in [1.82, 2.24) is 5.32 Å². The fourth-order valence-corrected chi connectivity index (χ4v) is 2.05. The standard InChI is InChI=1S/C14H20FNO3/c1-17-6-7-18-5-4-16-10-13-9-11-8-12(15)2-3-14(11)19-13/h2-3,8,13,16H,4-7,9-10H2,1H3. The number of hydrogen-bond acceptors (Lipinski definition) is 4. The van der Waals surface area contributed by atoms with Crippen molar-refractivity contribution in [3.8, 4) is 5.75 Å². The molecule has 0 aromatic heterocycles. The Bertz CT molecular complexity index is 400. The summed E-state index contributed by atoms with van der Waals surface area (Å²) < 4.78 is 29.0. The molecule has 1 atom stereocenters. The largest absolute Gasteiger partial charge is 0.488 e. The normalized spacial score (nSPS) is 17.3. The molecule has 0 saturated carbocycles. The van der Waals surface area contributed by atoms with Crippen molar-refractivity contribution in [2.75, 3.05) is 40.0 Å². The van der Waals surface area contributed by atoms with Gasteiger partial charge in [0.1, 0.15) is 17.7 Å². The summed E-state index contributed by atoms with van der Waals surface area (Å²) in [5.74, 6) is 0.590. The molecule has 0 fully saturated rings. The van der Waals surface area contributed by atoms with E-state index < -0.39 is 0 Å². The van der Waals surface area contributed by atoms with Crippen LogP contribution in [0.2, 0.25) is 0 Å². The average molecular weight is 269 g/mol. The van der Waals surface area contributed by atoms with Crippen LogP contribution in [-0.2, 0) is 15.9 Å². The number of methoxy groups -OCH3 is 1. The van der Waals surface area contributed by atoms with E-state index in [-0.39, 0.29) is 11.9 Å². The summed E-state index contributed by atoms with van der Waals surface area (Å²) >= 11 is 0. The number of benzene rings is 1. The van der Waals surface area contributed by atoms with E-state index in [1.165, 1.54) is 6.07 Å². The molecule has 1 aromatic carbocycles. The second kappa shape index (κ2) is 7.43. The number of fused-ring (bicyclic) bond motifs is 1. The molecule has 0 bridgehead atoms.